The third-order valence-corrected chi connectivity index (χ3v) is 3.32. The summed E-state index contributed by atoms with van der Waals surface area (Å²) in [6, 6.07) is 12.5. The molecule has 0 saturated heterocycles. The molecule has 0 saturated carbocycles. The van der Waals surface area contributed by atoms with E-state index in [9.17, 15) is 9.90 Å². The van der Waals surface area contributed by atoms with Crippen LogP contribution in [0, 0.1) is 11.3 Å². The number of methoxy groups -OCH3 is 2. The molecular formula is C17H16N2O4. The van der Waals surface area contributed by atoms with Crippen LogP contribution in [0.4, 0.5) is 5.69 Å². The van der Waals surface area contributed by atoms with Crippen LogP contribution in [0.15, 0.2) is 42.5 Å². The molecule has 0 bridgehead atoms. The highest BCUT2D eigenvalue weighted by Gasteiger charge is 2.24. The molecule has 0 aromatic heterocycles. The van der Waals surface area contributed by atoms with Gasteiger partial charge in [-0.1, -0.05) is 0 Å². The van der Waals surface area contributed by atoms with Crippen molar-refractivity contribution >= 4 is 11.7 Å². The lowest BCUT2D eigenvalue weighted by Gasteiger charge is -2.19. The Hall–Kier alpha value is -3.20. The van der Waals surface area contributed by atoms with Gasteiger partial charge in [-0.25, -0.2) is 4.79 Å². The Morgan fingerprint density at radius 3 is 2.39 bits per heavy atom. The summed E-state index contributed by atoms with van der Waals surface area (Å²) in [5, 5.41) is 21.3. The Kier molecular flexibility index (Phi) is 5.05. The average molecular weight is 312 g/mol. The molecule has 23 heavy (non-hydrogen) atoms. The molecule has 2 rings (SSSR count). The molecule has 0 aliphatic rings. The van der Waals surface area contributed by atoms with Crippen LogP contribution in [0.1, 0.15) is 17.2 Å². The molecule has 2 aromatic carbocycles. The molecule has 2 aromatic rings. The molecule has 1 unspecified atom stereocenters. The first-order valence-electron chi connectivity index (χ1n) is 6.80. The van der Waals surface area contributed by atoms with E-state index in [2.05, 4.69) is 5.32 Å². The minimum atomic E-state index is -1.05. The van der Waals surface area contributed by atoms with Gasteiger partial charge in [-0.3, -0.25) is 0 Å². The average Bonchev–Trinajstić information content (AvgIpc) is 2.59. The second-order valence-corrected chi connectivity index (χ2v) is 4.71. The molecule has 0 spiro atoms. The summed E-state index contributed by atoms with van der Waals surface area (Å²) in [7, 11) is 2.99. The second-order valence-electron chi connectivity index (χ2n) is 4.71. The van der Waals surface area contributed by atoms with Crippen molar-refractivity contribution in [2.45, 2.75) is 6.04 Å². The lowest BCUT2D eigenvalue weighted by molar-refractivity contribution is -0.138. The van der Waals surface area contributed by atoms with Gasteiger partial charge in [0.25, 0.3) is 0 Å². The molecule has 0 aliphatic carbocycles. The Labute approximate surface area is 133 Å². The Morgan fingerprint density at radius 2 is 1.87 bits per heavy atom. The van der Waals surface area contributed by atoms with Gasteiger partial charge in [0.2, 0.25) is 0 Å². The van der Waals surface area contributed by atoms with E-state index in [1.54, 1.807) is 42.5 Å². The van der Waals surface area contributed by atoms with Crippen molar-refractivity contribution in [1.29, 1.82) is 5.26 Å². The summed E-state index contributed by atoms with van der Waals surface area (Å²) in [5.74, 6) is -0.0751. The number of carbonyl (C=O) groups is 1. The van der Waals surface area contributed by atoms with Gasteiger partial charge in [0.1, 0.15) is 11.5 Å². The normalized spacial score (nSPS) is 11.2. The van der Waals surface area contributed by atoms with Crippen LogP contribution in [-0.2, 0) is 4.79 Å². The minimum absolute atomic E-state index is 0.444. The summed E-state index contributed by atoms with van der Waals surface area (Å²) in [6.45, 7) is 0. The summed E-state index contributed by atoms with van der Waals surface area (Å²) >= 11 is 0. The van der Waals surface area contributed by atoms with Crippen molar-refractivity contribution in [3.05, 3.63) is 53.6 Å². The van der Waals surface area contributed by atoms with E-state index in [0.29, 0.717) is 28.3 Å². The van der Waals surface area contributed by atoms with Gasteiger partial charge in [0.15, 0.2) is 6.04 Å². The van der Waals surface area contributed by atoms with Crippen molar-refractivity contribution in [2.75, 3.05) is 19.5 Å². The first kappa shape index (κ1) is 16.2. The fourth-order valence-electron chi connectivity index (χ4n) is 2.15. The van der Waals surface area contributed by atoms with Crippen molar-refractivity contribution in [1.82, 2.24) is 0 Å². The Morgan fingerprint density at radius 1 is 1.17 bits per heavy atom. The van der Waals surface area contributed by atoms with Gasteiger partial charge in [0.05, 0.1) is 25.9 Å². The first-order valence-corrected chi connectivity index (χ1v) is 6.80. The molecule has 0 heterocycles. The monoisotopic (exact) mass is 312 g/mol. The van der Waals surface area contributed by atoms with Gasteiger partial charge in [-0.2, -0.15) is 5.26 Å². The van der Waals surface area contributed by atoms with Crippen molar-refractivity contribution < 1.29 is 19.4 Å². The van der Waals surface area contributed by atoms with Crippen LogP contribution in [-0.4, -0.2) is 25.3 Å². The van der Waals surface area contributed by atoms with Gasteiger partial charge < -0.3 is 19.9 Å². The van der Waals surface area contributed by atoms with Crippen molar-refractivity contribution in [3.8, 4) is 17.6 Å². The highest BCUT2D eigenvalue weighted by Crippen LogP contribution is 2.31. The number of aliphatic carboxylic acids is 1. The van der Waals surface area contributed by atoms with Crippen LogP contribution in [0.3, 0.4) is 0 Å². The smallest absolute Gasteiger partial charge is 0.330 e. The van der Waals surface area contributed by atoms with E-state index >= 15 is 0 Å². The Balaban J connectivity index is 2.38. The molecule has 6 nitrogen and oxygen atoms in total. The number of benzene rings is 2. The highest BCUT2D eigenvalue weighted by atomic mass is 16.5. The van der Waals surface area contributed by atoms with E-state index in [-0.39, 0.29) is 0 Å². The predicted molar refractivity (Wildman–Crippen MR) is 84.7 cm³/mol. The molecule has 2 N–H and O–H groups in total. The number of rotatable bonds is 6. The molecular weight excluding hydrogens is 296 g/mol. The third kappa shape index (κ3) is 3.71. The zero-order valence-electron chi connectivity index (χ0n) is 12.7. The van der Waals surface area contributed by atoms with Crippen molar-refractivity contribution in [3.63, 3.8) is 0 Å². The lowest BCUT2D eigenvalue weighted by Crippen LogP contribution is -2.21. The van der Waals surface area contributed by atoms with Crippen LogP contribution in [0.5, 0.6) is 11.5 Å². The number of anilines is 1. The second kappa shape index (κ2) is 7.18. The molecule has 0 aliphatic heterocycles. The standard InChI is InChI=1S/C17H16N2O4/c1-22-13-7-8-15(23-2)14(9-13)16(17(20)21)19-12-5-3-11(10-18)4-6-12/h3-9,16,19H,1-2H3,(H,20,21). The summed E-state index contributed by atoms with van der Waals surface area (Å²) < 4.78 is 10.4. The molecule has 0 radical (unpaired) electrons. The number of ether oxygens (including phenoxy) is 2. The number of carboxylic acids is 1. The molecule has 0 amide bonds. The van der Waals surface area contributed by atoms with Crippen LogP contribution < -0.4 is 14.8 Å². The number of nitriles is 1. The number of hydrogen-bond acceptors (Lipinski definition) is 5. The zero-order chi connectivity index (χ0) is 16.8. The topological polar surface area (TPSA) is 91.6 Å². The van der Waals surface area contributed by atoms with E-state index < -0.39 is 12.0 Å². The zero-order valence-corrected chi connectivity index (χ0v) is 12.7. The number of carboxylic acid groups (broad SMARTS) is 1. The summed E-state index contributed by atoms with van der Waals surface area (Å²) in [4.78, 5) is 11.7. The van der Waals surface area contributed by atoms with E-state index in [1.807, 2.05) is 6.07 Å². The number of nitrogens with one attached hydrogen (secondary N) is 1. The van der Waals surface area contributed by atoms with Crippen LogP contribution >= 0.6 is 0 Å². The van der Waals surface area contributed by atoms with Crippen molar-refractivity contribution in [2.24, 2.45) is 0 Å². The Bertz CT molecular complexity index is 735. The first-order chi connectivity index (χ1) is 11.1. The van der Waals surface area contributed by atoms with Gasteiger partial charge in [-0.05, 0) is 42.5 Å². The maximum absolute atomic E-state index is 11.7. The van der Waals surface area contributed by atoms with Gasteiger partial charge in [-0.15, -0.1) is 0 Å². The predicted octanol–water partition coefficient (Wildman–Crippen LogP) is 2.81. The maximum atomic E-state index is 11.7. The van der Waals surface area contributed by atoms with E-state index in [0.717, 1.165) is 0 Å². The van der Waals surface area contributed by atoms with Gasteiger partial charge >= 0.3 is 5.97 Å². The van der Waals surface area contributed by atoms with Crippen LogP contribution in [0.2, 0.25) is 0 Å². The summed E-state index contributed by atoms with van der Waals surface area (Å²) in [5.41, 5.74) is 1.53. The largest absolute Gasteiger partial charge is 0.497 e. The van der Waals surface area contributed by atoms with E-state index in [1.165, 1.54) is 14.2 Å². The maximum Gasteiger partial charge on any atom is 0.330 e. The van der Waals surface area contributed by atoms with Crippen LogP contribution in [0.25, 0.3) is 0 Å². The SMILES string of the molecule is COc1ccc(OC)c(C(Nc2ccc(C#N)cc2)C(=O)O)c1. The highest BCUT2D eigenvalue weighted by molar-refractivity contribution is 5.80. The summed E-state index contributed by atoms with van der Waals surface area (Å²) in [6.07, 6.45) is 0. The quantitative estimate of drug-likeness (QED) is 0.852. The molecule has 1 atom stereocenters. The number of nitrogens with zero attached hydrogens (tertiary/aromatic N) is 1. The number of hydrogen-bond donors (Lipinski definition) is 2. The van der Waals surface area contributed by atoms with Gasteiger partial charge in [0, 0.05) is 11.3 Å². The fourth-order valence-corrected chi connectivity index (χ4v) is 2.15. The third-order valence-electron chi connectivity index (χ3n) is 3.32. The minimum Gasteiger partial charge on any atom is -0.497 e. The van der Waals surface area contributed by atoms with E-state index in [4.69, 9.17) is 14.7 Å². The fraction of sp³-hybridized carbons (Fsp3) is 0.176. The molecule has 6 heteroatoms. The molecule has 118 valence electrons. The molecule has 0 fully saturated rings. The lowest BCUT2D eigenvalue weighted by atomic mass is 10.0.